The second kappa shape index (κ2) is 12.8. The molecule has 1 aliphatic carbocycles. The molecule has 0 spiro atoms. The number of allylic oxidation sites excluding steroid dienone is 7. The van der Waals surface area contributed by atoms with Crippen LogP contribution in [0.25, 0.3) is 0 Å². The highest BCUT2D eigenvalue weighted by molar-refractivity contribution is 5.48. The van der Waals surface area contributed by atoms with Gasteiger partial charge in [-0.25, -0.2) is 4.39 Å². The van der Waals surface area contributed by atoms with Crippen molar-refractivity contribution >= 4 is 5.69 Å². The Labute approximate surface area is 231 Å². The van der Waals surface area contributed by atoms with Gasteiger partial charge in [-0.15, -0.1) is 0 Å². The lowest BCUT2D eigenvalue weighted by Crippen LogP contribution is -2.29. The fourth-order valence-electron chi connectivity index (χ4n) is 5.27. The van der Waals surface area contributed by atoms with E-state index in [9.17, 15) is 4.39 Å². The number of halogens is 1. The Balaban J connectivity index is 1.96. The van der Waals surface area contributed by atoms with Crippen LogP contribution in [0.4, 0.5) is 10.1 Å². The van der Waals surface area contributed by atoms with E-state index in [1.54, 1.807) is 12.1 Å². The van der Waals surface area contributed by atoms with Crippen LogP contribution in [0.1, 0.15) is 79.4 Å². The maximum absolute atomic E-state index is 13.8. The summed E-state index contributed by atoms with van der Waals surface area (Å²) in [6.45, 7) is 22.3. The molecule has 0 aromatic heterocycles. The van der Waals surface area contributed by atoms with Crippen molar-refractivity contribution in [3.63, 3.8) is 0 Å². The van der Waals surface area contributed by atoms with Gasteiger partial charge < -0.3 is 4.90 Å². The first-order chi connectivity index (χ1) is 17.9. The third kappa shape index (κ3) is 7.82. The summed E-state index contributed by atoms with van der Waals surface area (Å²) in [6, 6.07) is 15.7. The molecule has 0 aliphatic heterocycles. The summed E-state index contributed by atoms with van der Waals surface area (Å²) in [5, 5.41) is 0. The minimum absolute atomic E-state index is 0.0375. The van der Waals surface area contributed by atoms with E-state index in [4.69, 9.17) is 0 Å². The van der Waals surface area contributed by atoms with Gasteiger partial charge in [0.2, 0.25) is 0 Å². The van der Waals surface area contributed by atoms with E-state index in [0.29, 0.717) is 11.8 Å². The second-order valence-corrected chi connectivity index (χ2v) is 12.3. The van der Waals surface area contributed by atoms with E-state index in [-0.39, 0.29) is 11.2 Å². The number of hydrogen-bond acceptors (Lipinski definition) is 1. The molecule has 0 amide bonds. The third-order valence-corrected chi connectivity index (χ3v) is 8.36. The van der Waals surface area contributed by atoms with Crippen molar-refractivity contribution in [1.82, 2.24) is 0 Å². The van der Waals surface area contributed by atoms with Gasteiger partial charge in [-0.3, -0.25) is 0 Å². The van der Waals surface area contributed by atoms with Gasteiger partial charge in [0, 0.05) is 24.2 Å². The number of rotatable bonds is 7. The first-order valence-electron chi connectivity index (χ1n) is 14.2. The number of hydrogen-bond donors (Lipinski definition) is 0. The predicted molar refractivity (Wildman–Crippen MR) is 164 cm³/mol. The Morgan fingerprint density at radius 1 is 0.947 bits per heavy atom. The normalized spacial score (nSPS) is 22.4. The molecular formula is C36H48FN. The van der Waals surface area contributed by atoms with Crippen LogP contribution in [-0.4, -0.2) is 6.54 Å². The number of nitrogens with zero attached hydrogens (tertiary/aromatic N) is 1. The first kappa shape index (κ1) is 29.7. The SMILES string of the molecule is C/C1=C/C(C(C)C)=C(/C)C/C(=C(\C)C(C)CN(Cc2ccc(C)cc2)c2ccc(F)cc2)C/C=C\C1(C)C. The van der Waals surface area contributed by atoms with Gasteiger partial charge in [-0.1, -0.05) is 105 Å². The van der Waals surface area contributed by atoms with Crippen molar-refractivity contribution in [2.45, 2.75) is 81.7 Å². The summed E-state index contributed by atoms with van der Waals surface area (Å²) in [5.41, 5.74) is 11.0. The van der Waals surface area contributed by atoms with Gasteiger partial charge in [0.15, 0.2) is 0 Å². The highest BCUT2D eigenvalue weighted by Crippen LogP contribution is 2.35. The molecule has 2 aromatic carbocycles. The molecule has 1 aliphatic rings. The molecule has 1 unspecified atom stereocenters. The zero-order valence-electron chi connectivity index (χ0n) is 25.2. The Hall–Kier alpha value is -2.87. The van der Waals surface area contributed by atoms with E-state index in [0.717, 1.165) is 31.6 Å². The summed E-state index contributed by atoms with van der Waals surface area (Å²) in [4.78, 5) is 2.40. The molecule has 0 N–H and O–H groups in total. The maximum atomic E-state index is 13.8. The smallest absolute Gasteiger partial charge is 0.123 e. The molecule has 0 saturated heterocycles. The summed E-state index contributed by atoms with van der Waals surface area (Å²) in [7, 11) is 0. The Morgan fingerprint density at radius 2 is 1.58 bits per heavy atom. The van der Waals surface area contributed by atoms with E-state index in [1.165, 1.54) is 39.0 Å². The van der Waals surface area contributed by atoms with Gasteiger partial charge >= 0.3 is 0 Å². The van der Waals surface area contributed by atoms with Gasteiger partial charge in [-0.2, -0.15) is 0 Å². The fraction of sp³-hybridized carbons (Fsp3) is 0.444. The van der Waals surface area contributed by atoms with Gasteiger partial charge in [-0.05, 0) is 87.8 Å². The quantitative estimate of drug-likeness (QED) is 0.333. The molecule has 204 valence electrons. The van der Waals surface area contributed by atoms with Crippen LogP contribution >= 0.6 is 0 Å². The Bertz CT molecular complexity index is 1200. The number of benzene rings is 2. The lowest BCUT2D eigenvalue weighted by molar-refractivity contribution is 0.573. The Morgan fingerprint density at radius 3 is 2.18 bits per heavy atom. The molecule has 0 radical (unpaired) electrons. The maximum Gasteiger partial charge on any atom is 0.123 e. The molecule has 1 atom stereocenters. The molecule has 0 heterocycles. The van der Waals surface area contributed by atoms with Crippen molar-refractivity contribution in [2.75, 3.05) is 11.4 Å². The summed E-state index contributed by atoms with van der Waals surface area (Å²) in [5.74, 6) is 0.656. The Kier molecular flexibility index (Phi) is 9.99. The van der Waals surface area contributed by atoms with Crippen molar-refractivity contribution in [2.24, 2.45) is 17.3 Å². The van der Waals surface area contributed by atoms with Crippen LogP contribution in [0.5, 0.6) is 0 Å². The van der Waals surface area contributed by atoms with Crippen LogP contribution < -0.4 is 4.90 Å². The van der Waals surface area contributed by atoms with Crippen molar-refractivity contribution in [3.8, 4) is 0 Å². The number of aryl methyl sites for hydroxylation is 1. The molecule has 38 heavy (non-hydrogen) atoms. The zero-order chi connectivity index (χ0) is 28.0. The minimum atomic E-state index is -0.195. The van der Waals surface area contributed by atoms with E-state index in [2.05, 4.69) is 110 Å². The van der Waals surface area contributed by atoms with E-state index >= 15 is 0 Å². The number of anilines is 1. The molecule has 0 bridgehead atoms. The zero-order valence-corrected chi connectivity index (χ0v) is 25.2. The van der Waals surface area contributed by atoms with Gasteiger partial charge in [0.05, 0.1) is 0 Å². The highest BCUT2D eigenvalue weighted by atomic mass is 19.1. The van der Waals surface area contributed by atoms with Gasteiger partial charge in [0.1, 0.15) is 5.82 Å². The molecule has 2 heteroatoms. The lowest BCUT2D eigenvalue weighted by Gasteiger charge is -2.30. The first-order valence-corrected chi connectivity index (χ1v) is 14.2. The van der Waals surface area contributed by atoms with Crippen LogP contribution in [0.2, 0.25) is 0 Å². The molecule has 2 aromatic rings. The second-order valence-electron chi connectivity index (χ2n) is 12.3. The van der Waals surface area contributed by atoms with Crippen LogP contribution in [0.15, 0.2) is 94.6 Å². The summed E-state index contributed by atoms with van der Waals surface area (Å²) in [6.07, 6.45) is 9.18. The average Bonchev–Trinajstić information content (AvgIpc) is 2.86. The van der Waals surface area contributed by atoms with Crippen molar-refractivity contribution in [1.29, 1.82) is 0 Å². The van der Waals surface area contributed by atoms with E-state index < -0.39 is 0 Å². The minimum Gasteiger partial charge on any atom is -0.367 e. The summed E-state index contributed by atoms with van der Waals surface area (Å²) < 4.78 is 13.8. The fourth-order valence-corrected chi connectivity index (χ4v) is 5.27. The lowest BCUT2D eigenvalue weighted by atomic mass is 9.79. The van der Waals surface area contributed by atoms with Gasteiger partial charge in [0.25, 0.3) is 0 Å². The largest absolute Gasteiger partial charge is 0.367 e. The standard InChI is InChI=1S/C36H48FN/c1-25(2)35-22-29(6)36(8,9)20-10-11-32(21-27(35)4)30(7)28(5)23-38(34-18-16-33(37)17-19-34)24-31-14-12-26(3)13-15-31/h10,12-20,22,25,28H,11,21,23-24H2,1-9H3/b20-10-,29-22-,32-30+,35-27+. The van der Waals surface area contributed by atoms with Crippen LogP contribution in [0, 0.1) is 30.0 Å². The van der Waals surface area contributed by atoms with Crippen molar-refractivity contribution < 1.29 is 4.39 Å². The topological polar surface area (TPSA) is 3.24 Å². The predicted octanol–water partition coefficient (Wildman–Crippen LogP) is 10.4. The van der Waals surface area contributed by atoms with Crippen molar-refractivity contribution in [3.05, 3.63) is 112 Å². The molecule has 0 saturated carbocycles. The molecular weight excluding hydrogens is 465 g/mol. The van der Waals surface area contributed by atoms with E-state index in [1.807, 2.05) is 12.1 Å². The molecule has 0 fully saturated rings. The average molecular weight is 514 g/mol. The molecule has 3 rings (SSSR count). The third-order valence-electron chi connectivity index (χ3n) is 8.36. The molecule has 1 nitrogen and oxygen atoms in total. The highest BCUT2D eigenvalue weighted by Gasteiger charge is 2.21. The van der Waals surface area contributed by atoms with Crippen LogP contribution in [-0.2, 0) is 6.54 Å². The van der Waals surface area contributed by atoms with Crippen LogP contribution in [0.3, 0.4) is 0 Å². The summed E-state index contributed by atoms with van der Waals surface area (Å²) >= 11 is 0. The monoisotopic (exact) mass is 513 g/mol.